The highest BCUT2D eigenvalue weighted by molar-refractivity contribution is 7.20. The highest BCUT2D eigenvalue weighted by Crippen LogP contribution is 2.23. The third kappa shape index (κ3) is 1.55. The van der Waals surface area contributed by atoms with Crippen LogP contribution in [0.15, 0.2) is 18.2 Å². The zero-order chi connectivity index (χ0) is 10.1. The molecule has 1 aromatic carbocycles. The predicted molar refractivity (Wildman–Crippen MR) is 59.0 cm³/mol. The van der Waals surface area contributed by atoms with Crippen molar-refractivity contribution in [1.82, 2.24) is 4.98 Å². The topological polar surface area (TPSA) is 30.0 Å². The number of hydrogen-bond donors (Lipinski definition) is 0. The first-order chi connectivity index (χ1) is 6.70. The Morgan fingerprint density at radius 3 is 3.00 bits per heavy atom. The summed E-state index contributed by atoms with van der Waals surface area (Å²) >= 11 is 1.48. The molecule has 0 unspecified atom stereocenters. The summed E-state index contributed by atoms with van der Waals surface area (Å²) in [6.45, 7) is 3.90. The number of Topliss-reactive ketones (excluding diaryl/α,β-unsaturated/α-hetero) is 1. The van der Waals surface area contributed by atoms with Gasteiger partial charge in [-0.05, 0) is 24.6 Å². The summed E-state index contributed by atoms with van der Waals surface area (Å²) in [6.07, 6.45) is 0.527. The number of aromatic nitrogens is 1. The maximum absolute atomic E-state index is 11.4. The molecule has 2 nitrogen and oxygen atoms in total. The number of hydrogen-bond acceptors (Lipinski definition) is 3. The van der Waals surface area contributed by atoms with Crippen LogP contribution >= 0.6 is 11.3 Å². The number of rotatable bonds is 2. The number of nitrogens with zero attached hydrogens (tertiary/aromatic N) is 1. The summed E-state index contributed by atoms with van der Waals surface area (Å²) in [4.78, 5) is 15.7. The molecule has 1 heterocycles. The predicted octanol–water partition coefficient (Wildman–Crippen LogP) is 3.20. The van der Waals surface area contributed by atoms with Crippen LogP contribution in [0.1, 0.15) is 28.7 Å². The molecule has 0 bridgehead atoms. The van der Waals surface area contributed by atoms with Crippen LogP contribution in [-0.2, 0) is 0 Å². The summed E-state index contributed by atoms with van der Waals surface area (Å²) < 4.78 is 1.10. The number of carbonyl (C=O) groups is 1. The van der Waals surface area contributed by atoms with Gasteiger partial charge < -0.3 is 0 Å². The van der Waals surface area contributed by atoms with E-state index in [0.717, 1.165) is 10.2 Å². The van der Waals surface area contributed by atoms with Crippen LogP contribution in [0.2, 0.25) is 0 Å². The fraction of sp³-hybridized carbons (Fsp3) is 0.273. The fourth-order valence-corrected chi connectivity index (χ4v) is 2.38. The van der Waals surface area contributed by atoms with Crippen LogP contribution in [0.25, 0.3) is 10.2 Å². The second-order valence-electron chi connectivity index (χ2n) is 3.27. The van der Waals surface area contributed by atoms with Gasteiger partial charge in [-0.15, -0.1) is 11.3 Å². The van der Waals surface area contributed by atoms with Gasteiger partial charge in [0.15, 0.2) is 10.8 Å². The number of thiazole rings is 1. The number of fused-ring (bicyclic) bond motifs is 1. The molecule has 0 spiro atoms. The lowest BCUT2D eigenvalue weighted by Crippen LogP contribution is -1.93. The second kappa shape index (κ2) is 3.50. The quantitative estimate of drug-likeness (QED) is 0.705. The van der Waals surface area contributed by atoms with Gasteiger partial charge in [0.2, 0.25) is 0 Å². The van der Waals surface area contributed by atoms with Crippen molar-refractivity contribution in [3.05, 3.63) is 28.8 Å². The van der Waals surface area contributed by atoms with Gasteiger partial charge in [-0.2, -0.15) is 0 Å². The lowest BCUT2D eigenvalue weighted by Gasteiger charge is -1.88. The van der Waals surface area contributed by atoms with Gasteiger partial charge in [-0.1, -0.05) is 13.0 Å². The lowest BCUT2D eigenvalue weighted by molar-refractivity contribution is 0.0988. The van der Waals surface area contributed by atoms with Gasteiger partial charge in [-0.25, -0.2) is 4.98 Å². The van der Waals surface area contributed by atoms with Gasteiger partial charge in [0.05, 0.1) is 10.2 Å². The summed E-state index contributed by atoms with van der Waals surface area (Å²) in [5.74, 6) is 0.129. The maximum atomic E-state index is 11.4. The fourth-order valence-electron chi connectivity index (χ4n) is 1.30. The van der Waals surface area contributed by atoms with E-state index in [4.69, 9.17) is 0 Å². The molecule has 14 heavy (non-hydrogen) atoms. The molecule has 3 heteroatoms. The first kappa shape index (κ1) is 9.34. The minimum absolute atomic E-state index is 0.129. The molecule has 0 atom stereocenters. The minimum atomic E-state index is 0.129. The van der Waals surface area contributed by atoms with Crippen LogP contribution < -0.4 is 0 Å². The Kier molecular flexibility index (Phi) is 2.33. The number of aryl methyl sites for hydroxylation is 1. The van der Waals surface area contributed by atoms with E-state index in [1.807, 2.05) is 26.0 Å². The largest absolute Gasteiger partial charge is 0.292 e. The molecule has 2 aromatic rings. The van der Waals surface area contributed by atoms with Crippen LogP contribution in [0, 0.1) is 6.92 Å². The van der Waals surface area contributed by atoms with E-state index in [2.05, 4.69) is 11.1 Å². The molecule has 0 aliphatic carbocycles. The molecule has 0 fully saturated rings. The molecule has 72 valence electrons. The normalized spacial score (nSPS) is 10.7. The third-order valence-corrected chi connectivity index (χ3v) is 3.16. The van der Waals surface area contributed by atoms with Crippen LogP contribution in [0.3, 0.4) is 0 Å². The standard InChI is InChI=1S/C11H11NOS/c1-3-9(13)11-12-8-5-4-7(2)6-10(8)14-11/h4-6H,3H2,1-2H3. The number of benzene rings is 1. The summed E-state index contributed by atoms with van der Waals surface area (Å²) in [5, 5.41) is 0.633. The monoisotopic (exact) mass is 205 g/mol. The smallest absolute Gasteiger partial charge is 0.191 e. The van der Waals surface area contributed by atoms with Crippen molar-refractivity contribution in [2.45, 2.75) is 20.3 Å². The van der Waals surface area contributed by atoms with E-state index in [9.17, 15) is 4.79 Å². The summed E-state index contributed by atoms with van der Waals surface area (Å²) in [6, 6.07) is 6.05. The van der Waals surface area contributed by atoms with E-state index in [1.54, 1.807) is 0 Å². The Hall–Kier alpha value is -1.22. The Labute approximate surface area is 86.6 Å². The SMILES string of the molecule is CCC(=O)c1nc2ccc(C)cc2s1. The zero-order valence-corrected chi connectivity index (χ0v) is 9.02. The zero-order valence-electron chi connectivity index (χ0n) is 8.20. The molecule has 0 radical (unpaired) electrons. The molecule has 0 saturated heterocycles. The van der Waals surface area contributed by atoms with Crippen molar-refractivity contribution in [2.75, 3.05) is 0 Å². The molecular formula is C11H11NOS. The van der Waals surface area contributed by atoms with E-state index in [0.29, 0.717) is 11.4 Å². The van der Waals surface area contributed by atoms with E-state index < -0.39 is 0 Å². The molecule has 0 aliphatic rings. The first-order valence-corrected chi connectivity index (χ1v) is 5.42. The number of carbonyl (C=O) groups excluding carboxylic acids is 1. The first-order valence-electron chi connectivity index (χ1n) is 4.61. The summed E-state index contributed by atoms with van der Waals surface area (Å²) in [5.41, 5.74) is 2.13. The van der Waals surface area contributed by atoms with Crippen LogP contribution in [-0.4, -0.2) is 10.8 Å². The molecule has 0 saturated carbocycles. The molecule has 0 N–H and O–H groups in total. The van der Waals surface area contributed by atoms with Crippen molar-refractivity contribution in [1.29, 1.82) is 0 Å². The Balaban J connectivity index is 2.56. The molecule has 1 aromatic heterocycles. The van der Waals surface area contributed by atoms with E-state index >= 15 is 0 Å². The minimum Gasteiger partial charge on any atom is -0.292 e. The average Bonchev–Trinajstić information content (AvgIpc) is 2.59. The highest BCUT2D eigenvalue weighted by atomic mass is 32.1. The van der Waals surface area contributed by atoms with Crippen molar-refractivity contribution < 1.29 is 4.79 Å². The van der Waals surface area contributed by atoms with Crippen LogP contribution in [0.4, 0.5) is 0 Å². The van der Waals surface area contributed by atoms with E-state index in [1.165, 1.54) is 16.9 Å². The van der Waals surface area contributed by atoms with Gasteiger partial charge in [0.25, 0.3) is 0 Å². The molecule has 0 aliphatic heterocycles. The van der Waals surface area contributed by atoms with Crippen molar-refractivity contribution in [2.24, 2.45) is 0 Å². The molecule has 0 amide bonds. The number of ketones is 1. The lowest BCUT2D eigenvalue weighted by atomic mass is 10.2. The van der Waals surface area contributed by atoms with Gasteiger partial charge >= 0.3 is 0 Å². The Morgan fingerprint density at radius 1 is 1.50 bits per heavy atom. The van der Waals surface area contributed by atoms with E-state index in [-0.39, 0.29) is 5.78 Å². The van der Waals surface area contributed by atoms with Crippen molar-refractivity contribution in [3.8, 4) is 0 Å². The average molecular weight is 205 g/mol. The van der Waals surface area contributed by atoms with Crippen molar-refractivity contribution in [3.63, 3.8) is 0 Å². The molecule has 2 rings (SSSR count). The van der Waals surface area contributed by atoms with Gasteiger partial charge in [0, 0.05) is 6.42 Å². The van der Waals surface area contributed by atoms with Gasteiger partial charge in [-0.3, -0.25) is 4.79 Å². The summed E-state index contributed by atoms with van der Waals surface area (Å²) in [7, 11) is 0. The van der Waals surface area contributed by atoms with Crippen LogP contribution in [0.5, 0.6) is 0 Å². The third-order valence-electron chi connectivity index (χ3n) is 2.10. The van der Waals surface area contributed by atoms with Crippen molar-refractivity contribution >= 4 is 27.3 Å². The Bertz CT molecular complexity index is 487. The molecular weight excluding hydrogens is 194 g/mol. The Morgan fingerprint density at radius 2 is 2.29 bits per heavy atom. The second-order valence-corrected chi connectivity index (χ2v) is 4.30. The highest BCUT2D eigenvalue weighted by Gasteiger charge is 2.09. The maximum Gasteiger partial charge on any atom is 0.191 e. The van der Waals surface area contributed by atoms with Gasteiger partial charge in [0.1, 0.15) is 0 Å².